The van der Waals surface area contributed by atoms with Crippen LogP contribution in [0.3, 0.4) is 0 Å². The van der Waals surface area contributed by atoms with Gasteiger partial charge in [0.15, 0.2) is 11.6 Å². The molecule has 1 aromatic carbocycles. The zero-order valence-corrected chi connectivity index (χ0v) is 9.74. The van der Waals surface area contributed by atoms with Crippen LogP contribution in [-0.2, 0) is 0 Å². The molecule has 3 nitrogen and oxygen atoms in total. The van der Waals surface area contributed by atoms with E-state index in [4.69, 9.17) is 4.74 Å². The summed E-state index contributed by atoms with van der Waals surface area (Å²) in [5.41, 5.74) is 0.320. The van der Waals surface area contributed by atoms with Gasteiger partial charge in [-0.3, -0.25) is 0 Å². The number of aliphatic hydroxyl groups excluding tert-OH is 2. The summed E-state index contributed by atoms with van der Waals surface area (Å²) in [6, 6.07) is 4.07. The molecule has 0 radical (unpaired) electrons. The van der Waals surface area contributed by atoms with E-state index >= 15 is 0 Å². The first-order chi connectivity index (χ1) is 7.10. The molecule has 0 aliphatic heterocycles. The third-order valence-electron chi connectivity index (χ3n) is 2.04. The lowest BCUT2D eigenvalue weighted by atomic mass is 10.1. The van der Waals surface area contributed by atoms with Crippen molar-refractivity contribution in [2.24, 2.45) is 0 Å². The van der Waals surface area contributed by atoms with Crippen LogP contribution < -0.4 is 4.74 Å². The predicted octanol–water partition coefficient (Wildman–Crippen LogP) is 1.62. The van der Waals surface area contributed by atoms with Crippen LogP contribution in [0.15, 0.2) is 18.2 Å². The number of benzene rings is 1. The van der Waals surface area contributed by atoms with Crippen LogP contribution in [-0.4, -0.2) is 28.8 Å². The van der Waals surface area contributed by atoms with Gasteiger partial charge in [-0.05, 0) is 17.7 Å². The summed E-state index contributed by atoms with van der Waals surface area (Å²) in [6.45, 7) is 0. The summed E-state index contributed by atoms with van der Waals surface area (Å²) in [6.07, 6.45) is -2.07. The van der Waals surface area contributed by atoms with E-state index in [9.17, 15) is 14.6 Å². The lowest BCUT2D eigenvalue weighted by Gasteiger charge is -2.16. The van der Waals surface area contributed by atoms with E-state index in [-0.39, 0.29) is 11.1 Å². The predicted molar refractivity (Wildman–Crippen MR) is 57.7 cm³/mol. The van der Waals surface area contributed by atoms with E-state index in [1.807, 2.05) is 0 Å². The van der Waals surface area contributed by atoms with Crippen molar-refractivity contribution in [3.05, 3.63) is 29.6 Å². The Morgan fingerprint density at radius 2 is 2.13 bits per heavy atom. The summed E-state index contributed by atoms with van der Waals surface area (Å²) < 4.78 is 18.0. The Morgan fingerprint density at radius 3 is 2.60 bits per heavy atom. The minimum Gasteiger partial charge on any atom is -0.494 e. The third-order valence-corrected chi connectivity index (χ3v) is 2.70. The number of hydrogen-bond acceptors (Lipinski definition) is 3. The zero-order valence-electron chi connectivity index (χ0n) is 8.15. The fraction of sp³-hybridized carbons (Fsp3) is 0.400. The molecule has 0 saturated heterocycles. The average molecular weight is 279 g/mol. The number of halogens is 2. The van der Waals surface area contributed by atoms with Crippen LogP contribution in [0.1, 0.15) is 11.7 Å². The van der Waals surface area contributed by atoms with Crippen molar-refractivity contribution in [1.29, 1.82) is 0 Å². The van der Waals surface area contributed by atoms with Crippen molar-refractivity contribution in [1.82, 2.24) is 0 Å². The molecule has 1 aromatic rings. The third kappa shape index (κ3) is 2.90. The molecule has 0 saturated carbocycles. The van der Waals surface area contributed by atoms with Gasteiger partial charge >= 0.3 is 0 Å². The highest BCUT2D eigenvalue weighted by molar-refractivity contribution is 9.09. The van der Waals surface area contributed by atoms with Gasteiger partial charge in [0, 0.05) is 5.33 Å². The monoisotopic (exact) mass is 278 g/mol. The van der Waals surface area contributed by atoms with Gasteiger partial charge < -0.3 is 14.9 Å². The fourth-order valence-electron chi connectivity index (χ4n) is 1.17. The molecule has 0 fully saturated rings. The van der Waals surface area contributed by atoms with Gasteiger partial charge in [0.25, 0.3) is 0 Å². The molecule has 84 valence electrons. The van der Waals surface area contributed by atoms with Gasteiger partial charge in [0.05, 0.1) is 13.2 Å². The van der Waals surface area contributed by atoms with E-state index < -0.39 is 18.0 Å². The molecule has 5 heteroatoms. The molecule has 15 heavy (non-hydrogen) atoms. The van der Waals surface area contributed by atoms with Gasteiger partial charge in [0.1, 0.15) is 6.10 Å². The second kappa shape index (κ2) is 5.44. The maximum Gasteiger partial charge on any atom is 0.165 e. The van der Waals surface area contributed by atoms with E-state index in [2.05, 4.69) is 15.9 Å². The van der Waals surface area contributed by atoms with Crippen LogP contribution in [0, 0.1) is 5.82 Å². The normalized spacial score (nSPS) is 14.7. The van der Waals surface area contributed by atoms with Crippen molar-refractivity contribution in [3.8, 4) is 5.75 Å². The molecule has 0 spiro atoms. The van der Waals surface area contributed by atoms with E-state index in [1.165, 1.54) is 19.2 Å². The molecular formula is C10H12BrFO3. The maximum atomic E-state index is 13.2. The SMILES string of the molecule is COc1ccc(C(O)C(O)CBr)cc1F. The van der Waals surface area contributed by atoms with E-state index in [0.717, 1.165) is 6.07 Å². The van der Waals surface area contributed by atoms with Gasteiger partial charge in [-0.1, -0.05) is 22.0 Å². The van der Waals surface area contributed by atoms with Gasteiger partial charge in [-0.15, -0.1) is 0 Å². The van der Waals surface area contributed by atoms with Gasteiger partial charge in [0.2, 0.25) is 0 Å². The van der Waals surface area contributed by atoms with Crippen molar-refractivity contribution >= 4 is 15.9 Å². The Bertz CT molecular complexity index is 332. The number of hydrogen-bond donors (Lipinski definition) is 2. The Kier molecular flexibility index (Phi) is 4.50. The molecule has 0 amide bonds. The van der Waals surface area contributed by atoms with Crippen molar-refractivity contribution in [2.75, 3.05) is 12.4 Å². The number of rotatable bonds is 4. The van der Waals surface area contributed by atoms with Crippen LogP contribution in [0.2, 0.25) is 0 Å². The van der Waals surface area contributed by atoms with Crippen LogP contribution >= 0.6 is 15.9 Å². The maximum absolute atomic E-state index is 13.2. The summed E-state index contributed by atoms with van der Waals surface area (Å²) in [4.78, 5) is 0. The minimum absolute atomic E-state index is 0.110. The number of alkyl halides is 1. The molecular weight excluding hydrogens is 267 g/mol. The summed E-state index contributed by atoms with van der Waals surface area (Å²) in [5.74, 6) is -0.449. The van der Waals surface area contributed by atoms with E-state index in [1.54, 1.807) is 0 Å². The smallest absolute Gasteiger partial charge is 0.165 e. The highest BCUT2D eigenvalue weighted by Gasteiger charge is 2.18. The summed E-state index contributed by atoms with van der Waals surface area (Å²) in [5, 5.41) is 19.2. The highest BCUT2D eigenvalue weighted by Crippen LogP contribution is 2.24. The summed E-state index contributed by atoms with van der Waals surface area (Å²) >= 11 is 3.03. The Balaban J connectivity index is 2.92. The molecule has 2 atom stereocenters. The lowest BCUT2D eigenvalue weighted by Crippen LogP contribution is -2.19. The molecule has 0 bridgehead atoms. The topological polar surface area (TPSA) is 49.7 Å². The first-order valence-corrected chi connectivity index (χ1v) is 5.47. The number of aliphatic hydroxyl groups is 2. The quantitative estimate of drug-likeness (QED) is 0.823. The Morgan fingerprint density at radius 1 is 1.47 bits per heavy atom. The first-order valence-electron chi connectivity index (χ1n) is 4.35. The molecule has 0 heterocycles. The summed E-state index contributed by atoms with van der Waals surface area (Å²) in [7, 11) is 1.36. The van der Waals surface area contributed by atoms with Crippen molar-refractivity contribution < 1.29 is 19.3 Å². The zero-order chi connectivity index (χ0) is 11.4. The van der Waals surface area contributed by atoms with E-state index in [0.29, 0.717) is 5.56 Å². The molecule has 0 aliphatic rings. The number of methoxy groups -OCH3 is 1. The number of ether oxygens (including phenoxy) is 1. The Labute approximate surface area is 95.6 Å². The Hall–Kier alpha value is -0.650. The molecule has 0 aromatic heterocycles. The van der Waals surface area contributed by atoms with Crippen molar-refractivity contribution in [3.63, 3.8) is 0 Å². The highest BCUT2D eigenvalue weighted by atomic mass is 79.9. The standard InChI is InChI=1S/C10H12BrFO3/c1-15-9-3-2-6(4-7(9)12)10(14)8(13)5-11/h2-4,8,10,13-14H,5H2,1H3. The average Bonchev–Trinajstić information content (AvgIpc) is 2.26. The van der Waals surface area contributed by atoms with Crippen molar-refractivity contribution in [2.45, 2.75) is 12.2 Å². The second-order valence-corrected chi connectivity index (χ2v) is 3.71. The van der Waals surface area contributed by atoms with Gasteiger partial charge in [-0.2, -0.15) is 0 Å². The molecule has 1 rings (SSSR count). The van der Waals surface area contributed by atoms with Crippen LogP contribution in [0.25, 0.3) is 0 Å². The van der Waals surface area contributed by atoms with Gasteiger partial charge in [-0.25, -0.2) is 4.39 Å². The van der Waals surface area contributed by atoms with Crippen LogP contribution in [0.4, 0.5) is 4.39 Å². The first kappa shape index (κ1) is 12.4. The van der Waals surface area contributed by atoms with Crippen LogP contribution in [0.5, 0.6) is 5.75 Å². The fourth-order valence-corrected chi connectivity index (χ4v) is 1.53. The molecule has 0 aliphatic carbocycles. The second-order valence-electron chi connectivity index (χ2n) is 3.06. The molecule has 2 unspecified atom stereocenters. The molecule has 2 N–H and O–H groups in total. The largest absolute Gasteiger partial charge is 0.494 e. The lowest BCUT2D eigenvalue weighted by molar-refractivity contribution is 0.0340. The minimum atomic E-state index is -1.11.